The lowest BCUT2D eigenvalue weighted by atomic mass is 9.50. The number of nitrogens with zero attached hydrogens (tertiary/aromatic N) is 1. The van der Waals surface area contributed by atoms with E-state index in [-0.39, 0.29) is 18.2 Å². The molecule has 45 heavy (non-hydrogen) atoms. The Labute approximate surface area is 252 Å². The number of carbonyl (C=O) groups excluding carboxylic acids is 2. The largest absolute Gasteiger partial charge is 0.493 e. The zero-order valence-corrected chi connectivity index (χ0v) is 24.0. The number of esters is 2. The third-order valence-corrected chi connectivity index (χ3v) is 8.46. The van der Waals surface area contributed by atoms with Gasteiger partial charge in [0, 0.05) is 18.0 Å². The number of likely N-dealkylation sites (tertiary alicyclic amines) is 1. The van der Waals surface area contributed by atoms with E-state index in [1.54, 1.807) is 12.1 Å². The Morgan fingerprint density at radius 1 is 1.11 bits per heavy atom. The molecule has 4 aliphatic rings. The molecular formula is C28H30F3NO13. The van der Waals surface area contributed by atoms with E-state index in [1.807, 2.05) is 13.1 Å². The zero-order valence-electron chi connectivity index (χ0n) is 24.0. The summed E-state index contributed by atoms with van der Waals surface area (Å²) >= 11 is 0. The van der Waals surface area contributed by atoms with Crippen molar-refractivity contribution in [3.8, 4) is 11.5 Å². The highest BCUT2D eigenvalue weighted by atomic mass is 19.4. The van der Waals surface area contributed by atoms with E-state index in [2.05, 4.69) is 4.90 Å². The molecule has 5 rings (SSSR count). The molecule has 0 unspecified atom stereocenters. The molecule has 2 bridgehead atoms. The van der Waals surface area contributed by atoms with Gasteiger partial charge in [0.2, 0.25) is 6.10 Å². The zero-order chi connectivity index (χ0) is 33.5. The number of likely N-dealkylation sites (N-methyl/N-ethyl adjacent to an activating group) is 1. The lowest BCUT2D eigenvalue weighted by Crippen LogP contribution is -2.74. The van der Waals surface area contributed by atoms with E-state index in [0.29, 0.717) is 30.9 Å². The van der Waals surface area contributed by atoms with Gasteiger partial charge in [-0.1, -0.05) is 6.07 Å². The maximum absolute atomic E-state index is 13.1. The van der Waals surface area contributed by atoms with Crippen LogP contribution in [0, 0.1) is 0 Å². The number of carboxylic acid groups (broad SMARTS) is 3. The van der Waals surface area contributed by atoms with Gasteiger partial charge < -0.3 is 44.3 Å². The summed E-state index contributed by atoms with van der Waals surface area (Å²) in [6, 6.07) is 3.55. The van der Waals surface area contributed by atoms with E-state index < -0.39 is 78.5 Å². The van der Waals surface area contributed by atoms with Crippen molar-refractivity contribution in [1.29, 1.82) is 0 Å². The van der Waals surface area contributed by atoms with E-state index in [0.717, 1.165) is 11.1 Å². The molecule has 1 aromatic carbocycles. The molecule has 4 N–H and O–H groups in total. The summed E-state index contributed by atoms with van der Waals surface area (Å²) in [6.45, 7) is 0.660. The van der Waals surface area contributed by atoms with Crippen LogP contribution in [0.4, 0.5) is 13.2 Å². The molecule has 246 valence electrons. The predicted molar refractivity (Wildman–Crippen MR) is 140 cm³/mol. The quantitative estimate of drug-likeness (QED) is 0.280. The molecule has 0 radical (unpaired) electrons. The summed E-state index contributed by atoms with van der Waals surface area (Å²) in [4.78, 5) is 58.3. The molecule has 0 saturated carbocycles. The number of halogens is 3. The molecule has 14 nitrogen and oxygen atoms in total. The van der Waals surface area contributed by atoms with Crippen molar-refractivity contribution >= 4 is 29.8 Å². The summed E-state index contributed by atoms with van der Waals surface area (Å²) < 4.78 is 54.3. The first-order chi connectivity index (χ1) is 21.0. The van der Waals surface area contributed by atoms with Crippen LogP contribution in [0.3, 0.4) is 0 Å². The fraction of sp³-hybridized carbons (Fsp3) is 0.536. The van der Waals surface area contributed by atoms with Crippen molar-refractivity contribution < 1.29 is 76.5 Å². The van der Waals surface area contributed by atoms with Crippen molar-refractivity contribution in [2.75, 3.05) is 20.7 Å². The fourth-order valence-corrected chi connectivity index (χ4v) is 6.53. The van der Waals surface area contributed by atoms with Gasteiger partial charge in [-0.2, -0.15) is 13.2 Å². The highest BCUT2D eigenvalue weighted by Gasteiger charge is 2.72. The maximum Gasteiger partial charge on any atom is 0.490 e. The number of piperidine rings is 1. The summed E-state index contributed by atoms with van der Waals surface area (Å²) in [7, 11) is 3.48. The van der Waals surface area contributed by atoms with Gasteiger partial charge in [0.1, 0.15) is 5.76 Å². The summed E-state index contributed by atoms with van der Waals surface area (Å²) in [5.74, 6) is -6.53. The molecule has 1 fully saturated rings. The van der Waals surface area contributed by atoms with Crippen molar-refractivity contribution in [2.24, 2.45) is 0 Å². The van der Waals surface area contributed by atoms with Gasteiger partial charge in [0.25, 0.3) is 0 Å². The molecule has 2 aliphatic heterocycles. The topological polar surface area (TPSA) is 206 Å². The highest BCUT2D eigenvalue weighted by molar-refractivity contribution is 5.85. The number of rotatable bonds is 9. The number of benzene rings is 1. The van der Waals surface area contributed by atoms with Crippen LogP contribution in [-0.4, -0.2) is 106 Å². The monoisotopic (exact) mass is 645 g/mol. The minimum Gasteiger partial charge on any atom is -0.493 e. The lowest BCUT2D eigenvalue weighted by molar-refractivity contribution is -0.192. The Balaban J connectivity index is 0.000000591. The van der Waals surface area contributed by atoms with Gasteiger partial charge in [-0.05, 0) is 44.1 Å². The number of alkyl halides is 3. The first-order valence-electron chi connectivity index (χ1n) is 13.6. The molecule has 1 spiro atoms. The summed E-state index contributed by atoms with van der Waals surface area (Å²) in [5.41, 5.74) is -0.327. The van der Waals surface area contributed by atoms with Crippen LogP contribution in [0.1, 0.15) is 43.2 Å². The predicted octanol–water partition coefficient (Wildman–Crippen LogP) is 1.40. The SMILES string of the molecule is COc1ccc2c3c1O[C@H]1C(OC(=O)[C@H](CC(=O)O)OC(=O)CCC(=O)O)=CC[C@@]4(O)[C@@H](C2)N(C)CC[C@]314.O=C(O)C(F)(F)F. The average molecular weight is 646 g/mol. The van der Waals surface area contributed by atoms with Crippen LogP contribution < -0.4 is 9.47 Å². The van der Waals surface area contributed by atoms with Gasteiger partial charge in [0.05, 0.1) is 37.4 Å². The molecule has 2 heterocycles. The van der Waals surface area contributed by atoms with Gasteiger partial charge in [-0.3, -0.25) is 14.4 Å². The fourth-order valence-electron chi connectivity index (χ4n) is 6.53. The average Bonchev–Trinajstić information content (AvgIpc) is 3.30. The van der Waals surface area contributed by atoms with Gasteiger partial charge in [-0.15, -0.1) is 0 Å². The Bertz CT molecular complexity index is 1440. The molecular weight excluding hydrogens is 615 g/mol. The highest BCUT2D eigenvalue weighted by Crippen LogP contribution is 2.65. The van der Waals surface area contributed by atoms with Crippen molar-refractivity contribution in [3.63, 3.8) is 0 Å². The molecule has 0 aromatic heterocycles. The first-order valence-corrected chi connectivity index (χ1v) is 13.6. The molecule has 1 aromatic rings. The Morgan fingerprint density at radius 2 is 1.78 bits per heavy atom. The minimum atomic E-state index is -5.08. The van der Waals surface area contributed by atoms with Crippen molar-refractivity contribution in [2.45, 2.75) is 74.0 Å². The number of hydrogen-bond donors (Lipinski definition) is 4. The number of aliphatic hydroxyl groups is 1. The van der Waals surface area contributed by atoms with E-state index in [9.17, 15) is 42.6 Å². The van der Waals surface area contributed by atoms with E-state index in [4.69, 9.17) is 34.0 Å². The van der Waals surface area contributed by atoms with Crippen LogP contribution in [0.15, 0.2) is 24.0 Å². The van der Waals surface area contributed by atoms with Crippen LogP contribution in [-0.2, 0) is 45.3 Å². The summed E-state index contributed by atoms with van der Waals surface area (Å²) in [6.07, 6.45) is -6.87. The summed E-state index contributed by atoms with van der Waals surface area (Å²) in [5, 5.41) is 37.4. The standard InChI is InChI=1S/C26H29NO11.C2HF3O2/c1-27-10-9-25-21-13-3-4-14(35-2)22(21)38-23(25)15(7-8-26(25,34)17(27)11-13)37-24(33)16(12-19(30)31)36-20(32)6-5-18(28)29;3-2(4,5)1(6)7/h3-4,7,16-17,23,34H,5-6,8-12H2,1-2H3,(H,28,29)(H,30,31);(H,6,7)/t16-,17+,23-,25-,26+;/m0./s1. The van der Waals surface area contributed by atoms with Gasteiger partial charge in [-0.25, -0.2) is 9.59 Å². The van der Waals surface area contributed by atoms with Crippen LogP contribution in [0.2, 0.25) is 0 Å². The minimum absolute atomic E-state index is 0.0889. The third-order valence-electron chi connectivity index (χ3n) is 8.46. The van der Waals surface area contributed by atoms with Crippen LogP contribution >= 0.6 is 0 Å². The molecule has 5 atom stereocenters. The molecule has 0 amide bonds. The first kappa shape index (κ1) is 33.5. The Kier molecular flexibility index (Phi) is 9.08. The van der Waals surface area contributed by atoms with Crippen LogP contribution in [0.5, 0.6) is 11.5 Å². The number of carbonyl (C=O) groups is 5. The third kappa shape index (κ3) is 6.01. The Morgan fingerprint density at radius 3 is 2.36 bits per heavy atom. The van der Waals surface area contributed by atoms with Crippen LogP contribution in [0.25, 0.3) is 0 Å². The second kappa shape index (κ2) is 12.2. The molecule has 17 heteroatoms. The number of carboxylic acids is 3. The smallest absolute Gasteiger partial charge is 0.490 e. The normalized spacial score (nSPS) is 26.5. The second-order valence-electron chi connectivity index (χ2n) is 11.0. The number of aliphatic carboxylic acids is 3. The Hall–Kier alpha value is -4.38. The van der Waals surface area contributed by atoms with Crippen molar-refractivity contribution in [3.05, 3.63) is 35.1 Å². The van der Waals surface area contributed by atoms with E-state index >= 15 is 0 Å². The van der Waals surface area contributed by atoms with Gasteiger partial charge in [0.15, 0.2) is 17.6 Å². The molecule has 2 aliphatic carbocycles. The lowest BCUT2D eigenvalue weighted by Gasteiger charge is -2.61. The second-order valence-corrected chi connectivity index (χ2v) is 11.0. The van der Waals surface area contributed by atoms with Gasteiger partial charge >= 0.3 is 36.0 Å². The number of methoxy groups -OCH3 is 1. The molecule has 1 saturated heterocycles. The van der Waals surface area contributed by atoms with Crippen molar-refractivity contribution in [1.82, 2.24) is 4.90 Å². The number of hydrogen-bond acceptors (Lipinski definition) is 11. The number of ether oxygens (including phenoxy) is 4. The maximum atomic E-state index is 13.1. The van der Waals surface area contributed by atoms with E-state index in [1.165, 1.54) is 7.11 Å².